The summed E-state index contributed by atoms with van der Waals surface area (Å²) in [6.45, 7) is 4.12. The van der Waals surface area contributed by atoms with E-state index in [0.29, 0.717) is 24.9 Å². The van der Waals surface area contributed by atoms with Crippen molar-refractivity contribution in [3.63, 3.8) is 0 Å². The van der Waals surface area contributed by atoms with E-state index in [1.54, 1.807) is 17.0 Å². The molecule has 2 aromatic rings. The Labute approximate surface area is 160 Å². The minimum Gasteiger partial charge on any atom is -0.454 e. The van der Waals surface area contributed by atoms with Gasteiger partial charge in [-0.2, -0.15) is 13.2 Å². The van der Waals surface area contributed by atoms with E-state index in [0.717, 1.165) is 11.0 Å². The van der Waals surface area contributed by atoms with Crippen molar-refractivity contribution in [2.24, 2.45) is 11.8 Å². The van der Waals surface area contributed by atoms with Gasteiger partial charge in [-0.1, -0.05) is 26.0 Å². The predicted octanol–water partition coefficient (Wildman–Crippen LogP) is 3.10. The Morgan fingerprint density at radius 1 is 1.18 bits per heavy atom. The lowest BCUT2D eigenvalue weighted by Gasteiger charge is -2.34. The highest BCUT2D eigenvalue weighted by Crippen LogP contribution is 2.31. The number of carbonyl (C=O) groups is 2. The summed E-state index contributed by atoms with van der Waals surface area (Å²) in [5, 5.41) is 0. The number of piperidine rings is 1. The predicted molar refractivity (Wildman–Crippen MR) is 95.2 cm³/mol. The molecule has 0 unspecified atom stereocenters. The van der Waals surface area contributed by atoms with Gasteiger partial charge in [0, 0.05) is 13.1 Å². The van der Waals surface area contributed by atoms with Gasteiger partial charge in [0.1, 0.15) is 6.54 Å². The Morgan fingerprint density at radius 3 is 2.46 bits per heavy atom. The lowest BCUT2D eigenvalue weighted by atomic mass is 9.92. The molecule has 152 valence electrons. The number of para-hydroxylation sites is 2. The molecular formula is C19H22F3N3O3. The summed E-state index contributed by atoms with van der Waals surface area (Å²) in [7, 11) is 0. The van der Waals surface area contributed by atoms with Crippen LogP contribution in [0.15, 0.2) is 24.3 Å². The molecule has 0 saturated carbocycles. The molecule has 28 heavy (non-hydrogen) atoms. The van der Waals surface area contributed by atoms with Crippen LogP contribution >= 0.6 is 0 Å². The third-order valence-electron chi connectivity index (χ3n) is 4.77. The highest BCUT2D eigenvalue weighted by molar-refractivity contribution is 5.82. The molecule has 1 amide bonds. The van der Waals surface area contributed by atoms with Gasteiger partial charge in [0.05, 0.1) is 11.0 Å². The number of nitrogens with zero attached hydrogens (tertiary/aromatic N) is 3. The van der Waals surface area contributed by atoms with Crippen molar-refractivity contribution in [3.8, 4) is 0 Å². The molecule has 0 radical (unpaired) electrons. The number of ether oxygens (including phenoxy) is 1. The highest BCUT2D eigenvalue weighted by Gasteiger charge is 2.38. The van der Waals surface area contributed by atoms with Crippen molar-refractivity contribution in [2.45, 2.75) is 33.0 Å². The first-order chi connectivity index (χ1) is 13.1. The fourth-order valence-electron chi connectivity index (χ4n) is 3.73. The smallest absolute Gasteiger partial charge is 0.449 e. The van der Waals surface area contributed by atoms with Crippen LogP contribution in [0.2, 0.25) is 0 Å². The lowest BCUT2D eigenvalue weighted by Crippen LogP contribution is -2.44. The molecule has 0 bridgehead atoms. The van der Waals surface area contributed by atoms with Crippen LogP contribution in [0.4, 0.5) is 13.2 Å². The standard InChI is InChI=1S/C19H22F3N3O3/c1-12-7-13(2)9-24(8-12)16(26)11-28-17(27)10-25-15-6-4-3-5-14(15)23-18(25)19(20,21)22/h3-6,12-13H,7-11H2,1-2H3/t12-,13+. The fourth-order valence-corrected chi connectivity index (χ4v) is 3.73. The zero-order valence-electron chi connectivity index (χ0n) is 15.7. The average molecular weight is 397 g/mol. The van der Waals surface area contributed by atoms with Crippen LogP contribution in [0.3, 0.4) is 0 Å². The molecule has 0 spiro atoms. The molecule has 1 fully saturated rings. The summed E-state index contributed by atoms with van der Waals surface area (Å²) >= 11 is 0. The second kappa shape index (κ2) is 7.81. The van der Waals surface area contributed by atoms with Crippen molar-refractivity contribution in [1.29, 1.82) is 0 Å². The summed E-state index contributed by atoms with van der Waals surface area (Å²) in [5.74, 6) is -1.71. The van der Waals surface area contributed by atoms with E-state index in [4.69, 9.17) is 4.74 Å². The maximum atomic E-state index is 13.3. The minimum absolute atomic E-state index is 0.134. The minimum atomic E-state index is -4.71. The monoisotopic (exact) mass is 397 g/mol. The van der Waals surface area contributed by atoms with Crippen molar-refractivity contribution < 1.29 is 27.5 Å². The van der Waals surface area contributed by atoms with Crippen LogP contribution in [0.5, 0.6) is 0 Å². The summed E-state index contributed by atoms with van der Waals surface area (Å²) in [5.41, 5.74) is 0.312. The molecule has 0 N–H and O–H groups in total. The van der Waals surface area contributed by atoms with E-state index < -0.39 is 31.1 Å². The number of esters is 1. The molecular weight excluding hydrogens is 375 g/mol. The number of likely N-dealkylation sites (tertiary alicyclic amines) is 1. The topological polar surface area (TPSA) is 64.4 Å². The van der Waals surface area contributed by atoms with Gasteiger partial charge in [-0.3, -0.25) is 9.59 Å². The SMILES string of the molecule is C[C@@H]1C[C@H](C)CN(C(=O)COC(=O)Cn2c(C(F)(F)F)nc3ccccc32)C1. The highest BCUT2D eigenvalue weighted by atomic mass is 19.4. The number of hydrogen-bond acceptors (Lipinski definition) is 4. The first-order valence-electron chi connectivity index (χ1n) is 9.11. The van der Waals surface area contributed by atoms with Crippen LogP contribution in [0.1, 0.15) is 26.1 Å². The average Bonchev–Trinajstić information content (AvgIpc) is 2.98. The maximum absolute atomic E-state index is 13.3. The zero-order chi connectivity index (χ0) is 20.5. The number of benzene rings is 1. The van der Waals surface area contributed by atoms with Crippen LogP contribution in [-0.4, -0.2) is 46.0 Å². The molecule has 2 atom stereocenters. The Balaban J connectivity index is 1.67. The Kier molecular flexibility index (Phi) is 5.62. The number of carbonyl (C=O) groups excluding carboxylic acids is 2. The summed E-state index contributed by atoms with van der Waals surface area (Å²) in [4.78, 5) is 29.6. The largest absolute Gasteiger partial charge is 0.454 e. The van der Waals surface area contributed by atoms with Crippen LogP contribution in [-0.2, 0) is 27.0 Å². The van der Waals surface area contributed by atoms with Gasteiger partial charge in [-0.15, -0.1) is 0 Å². The van der Waals surface area contributed by atoms with Crippen LogP contribution in [0, 0.1) is 11.8 Å². The first kappa shape index (κ1) is 20.2. The van der Waals surface area contributed by atoms with Crippen LogP contribution < -0.4 is 0 Å². The second-order valence-corrected chi connectivity index (χ2v) is 7.41. The quantitative estimate of drug-likeness (QED) is 0.744. The van der Waals surface area contributed by atoms with E-state index in [1.807, 2.05) is 13.8 Å². The molecule has 1 saturated heterocycles. The van der Waals surface area contributed by atoms with E-state index >= 15 is 0 Å². The van der Waals surface area contributed by atoms with Crippen LogP contribution in [0.25, 0.3) is 11.0 Å². The Bertz CT molecular complexity index is 868. The zero-order valence-corrected chi connectivity index (χ0v) is 15.7. The number of halogens is 3. The summed E-state index contributed by atoms with van der Waals surface area (Å²) in [6, 6.07) is 6.02. The van der Waals surface area contributed by atoms with Crippen molar-refractivity contribution in [3.05, 3.63) is 30.1 Å². The van der Waals surface area contributed by atoms with Gasteiger partial charge in [-0.25, -0.2) is 4.98 Å². The van der Waals surface area contributed by atoms with Gasteiger partial charge in [0.15, 0.2) is 6.61 Å². The molecule has 1 aliphatic rings. The molecule has 9 heteroatoms. The molecule has 1 aliphatic heterocycles. The van der Waals surface area contributed by atoms with E-state index in [1.165, 1.54) is 12.1 Å². The molecule has 1 aromatic heterocycles. The number of aromatic nitrogens is 2. The van der Waals surface area contributed by atoms with Gasteiger partial charge >= 0.3 is 12.1 Å². The summed E-state index contributed by atoms with van der Waals surface area (Å²) < 4.78 is 45.6. The number of alkyl halides is 3. The van der Waals surface area contributed by atoms with Crippen molar-refractivity contribution in [2.75, 3.05) is 19.7 Å². The lowest BCUT2D eigenvalue weighted by molar-refractivity contribution is -0.156. The summed E-state index contributed by atoms with van der Waals surface area (Å²) in [6.07, 6.45) is -3.69. The molecule has 6 nitrogen and oxygen atoms in total. The van der Waals surface area contributed by atoms with Gasteiger partial charge in [0.25, 0.3) is 5.91 Å². The molecule has 1 aromatic carbocycles. The Hall–Kier alpha value is -2.58. The molecule has 3 rings (SSSR count). The number of hydrogen-bond donors (Lipinski definition) is 0. The number of amides is 1. The van der Waals surface area contributed by atoms with E-state index in [9.17, 15) is 22.8 Å². The Morgan fingerprint density at radius 2 is 1.82 bits per heavy atom. The van der Waals surface area contributed by atoms with Crippen molar-refractivity contribution >= 4 is 22.9 Å². The van der Waals surface area contributed by atoms with Gasteiger partial charge < -0.3 is 14.2 Å². The number of fused-ring (bicyclic) bond motifs is 1. The van der Waals surface area contributed by atoms with Crippen molar-refractivity contribution in [1.82, 2.24) is 14.5 Å². The fraction of sp³-hybridized carbons (Fsp3) is 0.526. The third kappa shape index (κ3) is 4.45. The van der Waals surface area contributed by atoms with E-state index in [-0.39, 0.29) is 16.9 Å². The number of imidazole rings is 1. The first-order valence-corrected chi connectivity index (χ1v) is 9.11. The maximum Gasteiger partial charge on any atom is 0.449 e. The third-order valence-corrected chi connectivity index (χ3v) is 4.77. The van der Waals surface area contributed by atoms with E-state index in [2.05, 4.69) is 4.98 Å². The normalized spacial score (nSPS) is 20.4. The molecule has 2 heterocycles. The van der Waals surface area contributed by atoms with Gasteiger partial charge in [-0.05, 0) is 30.4 Å². The molecule has 0 aliphatic carbocycles. The number of rotatable bonds is 4. The second-order valence-electron chi connectivity index (χ2n) is 7.41. The van der Waals surface area contributed by atoms with Gasteiger partial charge in [0.2, 0.25) is 5.82 Å².